The van der Waals surface area contributed by atoms with E-state index in [1.54, 1.807) is 17.7 Å². The molecular weight excluding hydrogens is 294 g/mol. The lowest BCUT2D eigenvalue weighted by Gasteiger charge is -2.11. The molecule has 0 spiro atoms. The lowest BCUT2D eigenvalue weighted by atomic mass is 10.2. The number of fused-ring (bicyclic) bond motifs is 1. The molecule has 0 aliphatic heterocycles. The van der Waals surface area contributed by atoms with Gasteiger partial charge in [-0.25, -0.2) is 9.97 Å². The van der Waals surface area contributed by atoms with Crippen molar-refractivity contribution >= 4 is 27.4 Å². The summed E-state index contributed by atoms with van der Waals surface area (Å²) in [5.41, 5.74) is 1.19. The number of thiophene rings is 1. The number of nitrogens with one attached hydrogen (secondary N) is 1. The van der Waals surface area contributed by atoms with E-state index < -0.39 is 0 Å². The Balaban J connectivity index is 1.71. The molecular formula is C17H19N3OS. The van der Waals surface area contributed by atoms with Crippen LogP contribution in [0.3, 0.4) is 0 Å². The standard InChI is InChI=1S/C17H19N3OS/c1-11(2)21-14-6-4-13(5-7-14)9-18-16-15-8-12(3)22-17(15)20-10-19-16/h4-8,10-11H,9H2,1-3H3,(H,18,19,20). The van der Waals surface area contributed by atoms with Crippen LogP contribution in [-0.4, -0.2) is 16.1 Å². The molecule has 1 N–H and O–H groups in total. The van der Waals surface area contributed by atoms with E-state index in [1.165, 1.54) is 10.4 Å². The normalized spacial score (nSPS) is 11.1. The largest absolute Gasteiger partial charge is 0.491 e. The smallest absolute Gasteiger partial charge is 0.138 e. The van der Waals surface area contributed by atoms with E-state index >= 15 is 0 Å². The number of nitrogens with zero attached hydrogens (tertiary/aromatic N) is 2. The van der Waals surface area contributed by atoms with Crippen LogP contribution in [0.5, 0.6) is 5.75 Å². The summed E-state index contributed by atoms with van der Waals surface area (Å²) in [5.74, 6) is 1.79. The second kappa shape index (κ2) is 6.32. The molecule has 0 unspecified atom stereocenters. The first-order valence-corrected chi connectivity index (χ1v) is 8.14. The van der Waals surface area contributed by atoms with Gasteiger partial charge < -0.3 is 10.1 Å². The molecule has 2 heterocycles. The van der Waals surface area contributed by atoms with E-state index in [9.17, 15) is 0 Å². The van der Waals surface area contributed by atoms with E-state index in [-0.39, 0.29) is 6.10 Å². The Kier molecular flexibility index (Phi) is 4.24. The van der Waals surface area contributed by atoms with Crippen molar-refractivity contribution in [1.82, 2.24) is 9.97 Å². The first-order valence-electron chi connectivity index (χ1n) is 7.32. The lowest BCUT2D eigenvalue weighted by Crippen LogP contribution is -2.06. The van der Waals surface area contributed by atoms with Crippen molar-refractivity contribution in [2.45, 2.75) is 33.4 Å². The van der Waals surface area contributed by atoms with Crippen molar-refractivity contribution in [3.05, 3.63) is 47.1 Å². The molecule has 0 amide bonds. The van der Waals surface area contributed by atoms with Crippen molar-refractivity contribution in [3.8, 4) is 5.75 Å². The third-order valence-electron chi connectivity index (χ3n) is 3.21. The number of aryl methyl sites for hydroxylation is 1. The molecule has 3 aromatic rings. The Morgan fingerprint density at radius 1 is 1.18 bits per heavy atom. The molecule has 0 aliphatic carbocycles. The van der Waals surface area contributed by atoms with Gasteiger partial charge in [0.1, 0.15) is 22.7 Å². The predicted octanol–water partition coefficient (Wildman–Crippen LogP) is 4.40. The highest BCUT2D eigenvalue weighted by Crippen LogP contribution is 2.27. The van der Waals surface area contributed by atoms with Crippen LogP contribution in [0.4, 0.5) is 5.82 Å². The maximum atomic E-state index is 5.65. The summed E-state index contributed by atoms with van der Waals surface area (Å²) in [6.45, 7) is 6.86. The van der Waals surface area contributed by atoms with Crippen molar-refractivity contribution < 1.29 is 4.74 Å². The molecule has 2 aromatic heterocycles. The fourth-order valence-electron chi connectivity index (χ4n) is 2.26. The zero-order valence-electron chi connectivity index (χ0n) is 13.0. The average molecular weight is 313 g/mol. The first-order chi connectivity index (χ1) is 10.6. The number of benzene rings is 1. The van der Waals surface area contributed by atoms with E-state index in [1.807, 2.05) is 26.0 Å². The fraction of sp³-hybridized carbons (Fsp3) is 0.294. The number of aromatic nitrogens is 2. The maximum Gasteiger partial charge on any atom is 0.138 e. The van der Waals surface area contributed by atoms with E-state index in [0.29, 0.717) is 0 Å². The Morgan fingerprint density at radius 3 is 2.68 bits per heavy atom. The van der Waals surface area contributed by atoms with Crippen LogP contribution in [0.1, 0.15) is 24.3 Å². The summed E-state index contributed by atoms with van der Waals surface area (Å²) in [6.07, 6.45) is 1.81. The zero-order chi connectivity index (χ0) is 15.5. The van der Waals surface area contributed by atoms with Crippen LogP contribution in [0.15, 0.2) is 36.7 Å². The molecule has 0 radical (unpaired) electrons. The minimum atomic E-state index is 0.195. The van der Waals surface area contributed by atoms with Gasteiger partial charge in [-0.2, -0.15) is 0 Å². The van der Waals surface area contributed by atoms with Crippen LogP contribution in [0, 0.1) is 6.92 Å². The summed E-state index contributed by atoms with van der Waals surface area (Å²) in [6, 6.07) is 10.3. The average Bonchev–Trinajstić information content (AvgIpc) is 2.86. The Hall–Kier alpha value is -2.14. The highest BCUT2D eigenvalue weighted by Gasteiger charge is 2.06. The fourth-order valence-corrected chi connectivity index (χ4v) is 3.11. The zero-order valence-corrected chi connectivity index (χ0v) is 13.8. The van der Waals surface area contributed by atoms with Crippen LogP contribution in [0.2, 0.25) is 0 Å². The van der Waals surface area contributed by atoms with Gasteiger partial charge in [-0.1, -0.05) is 12.1 Å². The summed E-state index contributed by atoms with van der Waals surface area (Å²) >= 11 is 1.69. The molecule has 0 atom stereocenters. The summed E-state index contributed by atoms with van der Waals surface area (Å²) < 4.78 is 5.65. The van der Waals surface area contributed by atoms with Crippen molar-refractivity contribution in [1.29, 1.82) is 0 Å². The maximum absolute atomic E-state index is 5.65. The first kappa shape index (κ1) is 14.8. The monoisotopic (exact) mass is 313 g/mol. The summed E-state index contributed by atoms with van der Waals surface area (Å²) in [5, 5.41) is 4.48. The van der Waals surface area contributed by atoms with Crippen molar-refractivity contribution in [2.24, 2.45) is 0 Å². The van der Waals surface area contributed by atoms with Gasteiger partial charge in [-0.05, 0) is 44.5 Å². The highest BCUT2D eigenvalue weighted by molar-refractivity contribution is 7.18. The molecule has 0 aliphatic rings. The van der Waals surface area contributed by atoms with Gasteiger partial charge in [0.05, 0.1) is 11.5 Å². The number of hydrogen-bond acceptors (Lipinski definition) is 5. The molecule has 0 fully saturated rings. The van der Waals surface area contributed by atoms with Crippen LogP contribution >= 0.6 is 11.3 Å². The molecule has 3 rings (SSSR count). The van der Waals surface area contributed by atoms with Crippen molar-refractivity contribution in [2.75, 3.05) is 5.32 Å². The number of anilines is 1. The third-order valence-corrected chi connectivity index (χ3v) is 4.17. The highest BCUT2D eigenvalue weighted by atomic mass is 32.1. The molecule has 4 nitrogen and oxygen atoms in total. The number of hydrogen-bond donors (Lipinski definition) is 1. The predicted molar refractivity (Wildman–Crippen MR) is 91.7 cm³/mol. The second-order valence-corrected chi connectivity index (χ2v) is 6.70. The molecule has 5 heteroatoms. The molecule has 1 aromatic carbocycles. The number of ether oxygens (including phenoxy) is 1. The second-order valence-electron chi connectivity index (χ2n) is 5.46. The van der Waals surface area contributed by atoms with Gasteiger partial charge >= 0.3 is 0 Å². The van der Waals surface area contributed by atoms with E-state index in [2.05, 4.69) is 40.4 Å². The molecule has 0 saturated heterocycles. The van der Waals surface area contributed by atoms with Gasteiger partial charge in [-0.15, -0.1) is 11.3 Å². The molecule has 114 valence electrons. The molecule has 0 bridgehead atoms. The minimum Gasteiger partial charge on any atom is -0.491 e. The molecule has 0 saturated carbocycles. The SMILES string of the molecule is Cc1cc2c(NCc3ccc(OC(C)C)cc3)ncnc2s1. The van der Waals surface area contributed by atoms with Gasteiger partial charge in [-0.3, -0.25) is 0 Å². The topological polar surface area (TPSA) is 47.0 Å². The summed E-state index contributed by atoms with van der Waals surface area (Å²) in [7, 11) is 0. The van der Waals surface area contributed by atoms with Gasteiger partial charge in [0.2, 0.25) is 0 Å². The van der Waals surface area contributed by atoms with Crippen molar-refractivity contribution in [3.63, 3.8) is 0 Å². The van der Waals surface area contributed by atoms with E-state index in [4.69, 9.17) is 4.74 Å². The third kappa shape index (κ3) is 3.36. The Labute approximate surface area is 134 Å². The van der Waals surface area contributed by atoms with Gasteiger partial charge in [0, 0.05) is 11.4 Å². The van der Waals surface area contributed by atoms with Crippen LogP contribution in [-0.2, 0) is 6.54 Å². The van der Waals surface area contributed by atoms with Crippen LogP contribution in [0.25, 0.3) is 10.2 Å². The van der Waals surface area contributed by atoms with Crippen LogP contribution < -0.4 is 10.1 Å². The number of rotatable bonds is 5. The van der Waals surface area contributed by atoms with E-state index in [0.717, 1.165) is 28.3 Å². The lowest BCUT2D eigenvalue weighted by molar-refractivity contribution is 0.242. The van der Waals surface area contributed by atoms with Gasteiger partial charge in [0.25, 0.3) is 0 Å². The Bertz CT molecular complexity index is 765. The quantitative estimate of drug-likeness (QED) is 0.758. The minimum absolute atomic E-state index is 0.195. The Morgan fingerprint density at radius 2 is 1.95 bits per heavy atom. The molecule has 22 heavy (non-hydrogen) atoms. The van der Waals surface area contributed by atoms with Gasteiger partial charge in [0.15, 0.2) is 0 Å². The summed E-state index contributed by atoms with van der Waals surface area (Å²) in [4.78, 5) is 10.9.